The van der Waals surface area contributed by atoms with Crippen molar-refractivity contribution < 1.29 is 23.6 Å². The molecule has 208 valence electrons. The van der Waals surface area contributed by atoms with Crippen molar-refractivity contribution in [3.8, 4) is 22.8 Å². The third-order valence-corrected chi connectivity index (χ3v) is 6.50. The number of ether oxygens (including phenoxy) is 2. The molecule has 9 nitrogen and oxygen atoms in total. The summed E-state index contributed by atoms with van der Waals surface area (Å²) in [4.78, 5) is 29.0. The highest BCUT2D eigenvalue weighted by molar-refractivity contribution is 5.93. The van der Waals surface area contributed by atoms with E-state index in [1.165, 1.54) is 0 Å². The van der Waals surface area contributed by atoms with Gasteiger partial charge in [0, 0.05) is 45.0 Å². The molecule has 0 aliphatic carbocycles. The Bertz CT molecular complexity index is 1320. The van der Waals surface area contributed by atoms with Crippen LogP contribution in [-0.2, 0) is 4.74 Å². The predicted octanol–water partition coefficient (Wildman–Crippen LogP) is 5.95. The van der Waals surface area contributed by atoms with Crippen LogP contribution in [0.4, 0.5) is 10.5 Å². The van der Waals surface area contributed by atoms with Gasteiger partial charge in [-0.25, -0.2) is 4.79 Å². The van der Waals surface area contributed by atoms with E-state index in [1.807, 2.05) is 90.0 Å². The van der Waals surface area contributed by atoms with Crippen LogP contribution in [0.2, 0.25) is 0 Å². The van der Waals surface area contributed by atoms with E-state index < -0.39 is 5.60 Å². The number of carbonyl (C=O) groups excluding carboxylic acids is 2. The first-order valence-corrected chi connectivity index (χ1v) is 13.2. The fourth-order valence-electron chi connectivity index (χ4n) is 4.56. The van der Waals surface area contributed by atoms with E-state index in [1.54, 1.807) is 11.0 Å². The quantitative estimate of drug-likeness (QED) is 0.418. The molecule has 2 aromatic carbocycles. The number of nitrogens with zero attached hydrogens (tertiary/aromatic N) is 3. The lowest BCUT2D eigenvalue weighted by atomic mass is 10.0. The first-order valence-electron chi connectivity index (χ1n) is 13.2. The summed E-state index contributed by atoms with van der Waals surface area (Å²) in [7, 11) is 3.98. The van der Waals surface area contributed by atoms with Crippen LogP contribution in [0.25, 0.3) is 11.3 Å². The first-order chi connectivity index (χ1) is 18.4. The van der Waals surface area contributed by atoms with E-state index in [0.717, 1.165) is 22.4 Å². The molecule has 0 radical (unpaired) electrons. The molecule has 9 heteroatoms. The molecule has 1 fully saturated rings. The lowest BCUT2D eigenvalue weighted by molar-refractivity contribution is 0.0199. The van der Waals surface area contributed by atoms with Gasteiger partial charge in [-0.3, -0.25) is 4.79 Å². The van der Waals surface area contributed by atoms with Crippen LogP contribution in [0.15, 0.2) is 47.0 Å². The Kier molecular flexibility index (Phi) is 8.18. The summed E-state index contributed by atoms with van der Waals surface area (Å²) >= 11 is 0. The van der Waals surface area contributed by atoms with Crippen LogP contribution in [0.5, 0.6) is 11.5 Å². The summed E-state index contributed by atoms with van der Waals surface area (Å²) in [5, 5.41) is 7.08. The molecule has 0 saturated carbocycles. The molecule has 1 aliphatic rings. The van der Waals surface area contributed by atoms with Gasteiger partial charge in [-0.1, -0.05) is 11.2 Å². The average molecular weight is 535 g/mol. The largest absolute Gasteiger partial charge is 0.457 e. The standard InChI is InChI=1S/C30H38N4O5/c1-19-16-20(2)27(25(17-19)37-23-10-8-22(9-11-23)33(6)7)26-18-24(32-39-26)28(35)31-21-12-14-34(15-13-21)29(36)38-30(3,4)5/h8-11,16-18,21H,12-15H2,1-7H3,(H,31,35). The molecule has 2 heterocycles. The summed E-state index contributed by atoms with van der Waals surface area (Å²) in [6, 6.07) is 13.4. The fourth-order valence-corrected chi connectivity index (χ4v) is 4.56. The zero-order valence-electron chi connectivity index (χ0n) is 23.8. The van der Waals surface area contributed by atoms with Crippen LogP contribution in [0, 0.1) is 13.8 Å². The van der Waals surface area contributed by atoms with Crippen molar-refractivity contribution in [3.05, 3.63) is 59.3 Å². The second kappa shape index (κ2) is 11.4. The van der Waals surface area contributed by atoms with Gasteiger partial charge in [0.05, 0.1) is 5.56 Å². The van der Waals surface area contributed by atoms with E-state index >= 15 is 0 Å². The molecule has 39 heavy (non-hydrogen) atoms. The SMILES string of the molecule is Cc1cc(C)c(-c2cc(C(=O)NC3CCN(C(=O)OC(C)(C)C)CC3)no2)c(Oc2ccc(N(C)C)cc2)c1. The molecular formula is C30H38N4O5. The number of aryl methyl sites for hydroxylation is 2. The number of aromatic nitrogens is 1. The van der Waals surface area contributed by atoms with E-state index in [-0.39, 0.29) is 23.7 Å². The maximum atomic E-state index is 13.0. The number of likely N-dealkylation sites (tertiary alicyclic amines) is 1. The Morgan fingerprint density at radius 3 is 2.33 bits per heavy atom. The van der Waals surface area contributed by atoms with Crippen molar-refractivity contribution in [1.29, 1.82) is 0 Å². The number of hydrogen-bond donors (Lipinski definition) is 1. The summed E-state index contributed by atoms with van der Waals surface area (Å²) in [5.74, 6) is 1.47. The third kappa shape index (κ3) is 7.10. The minimum absolute atomic E-state index is 0.0681. The van der Waals surface area contributed by atoms with Crippen molar-refractivity contribution in [1.82, 2.24) is 15.4 Å². The van der Waals surface area contributed by atoms with Gasteiger partial charge in [0.1, 0.15) is 17.1 Å². The molecule has 1 N–H and O–H groups in total. The zero-order valence-corrected chi connectivity index (χ0v) is 23.8. The number of carbonyl (C=O) groups is 2. The van der Waals surface area contributed by atoms with Gasteiger partial charge in [-0.05, 0) is 88.9 Å². The van der Waals surface area contributed by atoms with Gasteiger partial charge in [0.25, 0.3) is 5.91 Å². The molecule has 3 aromatic rings. The number of benzene rings is 2. The molecule has 1 aliphatic heterocycles. The predicted molar refractivity (Wildman–Crippen MR) is 151 cm³/mol. The molecular weight excluding hydrogens is 496 g/mol. The van der Waals surface area contributed by atoms with Crippen LogP contribution in [-0.4, -0.2) is 60.9 Å². The molecule has 0 atom stereocenters. The van der Waals surface area contributed by atoms with Gasteiger partial charge >= 0.3 is 6.09 Å². The normalized spacial score (nSPS) is 14.2. The van der Waals surface area contributed by atoms with Crippen LogP contribution >= 0.6 is 0 Å². The van der Waals surface area contributed by atoms with Crippen molar-refractivity contribution in [2.24, 2.45) is 0 Å². The van der Waals surface area contributed by atoms with Crippen LogP contribution < -0.4 is 15.0 Å². The zero-order chi connectivity index (χ0) is 28.3. The Labute approximate surface area is 230 Å². The smallest absolute Gasteiger partial charge is 0.410 e. The lowest BCUT2D eigenvalue weighted by Gasteiger charge is -2.33. The number of rotatable bonds is 6. The van der Waals surface area contributed by atoms with Gasteiger partial charge in [-0.15, -0.1) is 0 Å². The van der Waals surface area contributed by atoms with Crippen molar-refractivity contribution in [2.75, 3.05) is 32.1 Å². The maximum absolute atomic E-state index is 13.0. The first kappa shape index (κ1) is 28.0. The summed E-state index contributed by atoms with van der Waals surface area (Å²) < 4.78 is 17.4. The summed E-state index contributed by atoms with van der Waals surface area (Å²) in [6.07, 6.45) is 0.947. The van der Waals surface area contributed by atoms with Gasteiger partial charge in [0.2, 0.25) is 0 Å². The molecule has 0 unspecified atom stereocenters. The number of hydrogen-bond acceptors (Lipinski definition) is 7. The highest BCUT2D eigenvalue weighted by Gasteiger charge is 2.28. The number of amides is 2. The Morgan fingerprint density at radius 1 is 1.05 bits per heavy atom. The van der Waals surface area contributed by atoms with E-state index in [9.17, 15) is 9.59 Å². The minimum atomic E-state index is -0.537. The minimum Gasteiger partial charge on any atom is -0.457 e. The Morgan fingerprint density at radius 2 is 1.72 bits per heavy atom. The van der Waals surface area contributed by atoms with Crippen LogP contribution in [0.1, 0.15) is 55.2 Å². The molecule has 1 aromatic heterocycles. The molecule has 2 amide bonds. The highest BCUT2D eigenvalue weighted by Crippen LogP contribution is 2.38. The highest BCUT2D eigenvalue weighted by atomic mass is 16.6. The lowest BCUT2D eigenvalue weighted by Crippen LogP contribution is -2.47. The second-order valence-electron chi connectivity index (χ2n) is 11.2. The van der Waals surface area contributed by atoms with E-state index in [4.69, 9.17) is 14.0 Å². The maximum Gasteiger partial charge on any atom is 0.410 e. The van der Waals surface area contributed by atoms with Crippen molar-refractivity contribution in [2.45, 2.75) is 59.1 Å². The fraction of sp³-hybridized carbons (Fsp3) is 0.433. The molecule has 4 rings (SSSR count). The van der Waals surface area contributed by atoms with E-state index in [0.29, 0.717) is 43.2 Å². The van der Waals surface area contributed by atoms with Crippen molar-refractivity contribution in [3.63, 3.8) is 0 Å². The topological polar surface area (TPSA) is 97.1 Å². The Hall–Kier alpha value is -4.01. The Balaban J connectivity index is 1.44. The summed E-state index contributed by atoms with van der Waals surface area (Å²) in [6.45, 7) is 10.6. The number of piperidine rings is 1. The van der Waals surface area contributed by atoms with E-state index in [2.05, 4.69) is 10.5 Å². The van der Waals surface area contributed by atoms with Gasteiger partial charge in [0.15, 0.2) is 11.5 Å². The monoisotopic (exact) mass is 534 g/mol. The number of nitrogens with one attached hydrogen (secondary N) is 1. The van der Waals surface area contributed by atoms with Crippen molar-refractivity contribution >= 4 is 17.7 Å². The third-order valence-electron chi connectivity index (χ3n) is 6.50. The average Bonchev–Trinajstić information content (AvgIpc) is 3.33. The van der Waals surface area contributed by atoms with Gasteiger partial charge in [-0.2, -0.15) is 0 Å². The molecule has 0 bridgehead atoms. The van der Waals surface area contributed by atoms with Crippen LogP contribution in [0.3, 0.4) is 0 Å². The second-order valence-corrected chi connectivity index (χ2v) is 11.2. The molecule has 0 spiro atoms. The molecule has 1 saturated heterocycles. The summed E-state index contributed by atoms with van der Waals surface area (Å²) in [5.41, 5.74) is 3.48. The van der Waals surface area contributed by atoms with Gasteiger partial charge < -0.3 is 29.1 Å². The number of anilines is 1.